The molecule has 1 heterocycles. The van der Waals surface area contributed by atoms with Gasteiger partial charge in [-0.05, 0) is 50.7 Å². The summed E-state index contributed by atoms with van der Waals surface area (Å²) in [6.07, 6.45) is 4.37. The lowest BCUT2D eigenvalue weighted by atomic mass is 10.1. The number of hydrogen-bond acceptors (Lipinski definition) is 8. The van der Waals surface area contributed by atoms with Gasteiger partial charge in [0.1, 0.15) is 18.1 Å². The Morgan fingerprint density at radius 1 is 1.12 bits per heavy atom. The number of guanidine groups is 1. The molecule has 0 bridgehead atoms. The highest BCUT2D eigenvalue weighted by molar-refractivity contribution is 7.98. The number of thiol groups is 1. The van der Waals surface area contributed by atoms with E-state index < -0.39 is 35.9 Å². The number of amides is 3. The van der Waals surface area contributed by atoms with Crippen LogP contribution >= 0.6 is 24.4 Å². The van der Waals surface area contributed by atoms with E-state index >= 15 is 0 Å². The van der Waals surface area contributed by atoms with Crippen molar-refractivity contribution in [2.75, 3.05) is 30.9 Å². The second-order valence-electron chi connectivity index (χ2n) is 7.58. The molecule has 1 saturated heterocycles. The number of nitrogens with two attached hydrogens (primary N) is 2. The number of nitrogens with one attached hydrogen (secondary N) is 4. The highest BCUT2D eigenvalue weighted by Gasteiger charge is 2.30. The van der Waals surface area contributed by atoms with E-state index in [4.69, 9.17) is 11.5 Å². The molecule has 0 aliphatic carbocycles. The number of carboxylic acids is 1. The number of thioether (sulfide) groups is 1. The van der Waals surface area contributed by atoms with Gasteiger partial charge in [-0.25, -0.2) is 4.79 Å². The monoisotopic (exact) mass is 505 g/mol. The SMILES string of the molecule is CSCCC(NC(=O)C1CCCN1)C(=O)NC(CCCN=C(N)N)C(=O)NC(CS)C(=O)O. The van der Waals surface area contributed by atoms with Gasteiger partial charge in [-0.2, -0.15) is 24.4 Å². The van der Waals surface area contributed by atoms with Crippen LogP contribution in [-0.2, 0) is 19.2 Å². The largest absolute Gasteiger partial charge is 0.480 e. The van der Waals surface area contributed by atoms with Gasteiger partial charge >= 0.3 is 5.97 Å². The van der Waals surface area contributed by atoms with Crippen LogP contribution in [0.4, 0.5) is 0 Å². The molecule has 1 aliphatic heterocycles. The summed E-state index contributed by atoms with van der Waals surface area (Å²) < 4.78 is 0. The van der Waals surface area contributed by atoms with Crippen LogP contribution in [0.5, 0.6) is 0 Å². The van der Waals surface area contributed by atoms with Gasteiger partial charge in [0.2, 0.25) is 17.7 Å². The molecule has 0 aromatic carbocycles. The van der Waals surface area contributed by atoms with E-state index in [-0.39, 0.29) is 36.6 Å². The molecule has 33 heavy (non-hydrogen) atoms. The predicted molar refractivity (Wildman–Crippen MR) is 131 cm³/mol. The lowest BCUT2D eigenvalue weighted by Gasteiger charge is -2.25. The molecule has 12 nitrogen and oxygen atoms in total. The molecule has 1 fully saturated rings. The summed E-state index contributed by atoms with van der Waals surface area (Å²) in [5, 5.41) is 20.1. The number of carbonyl (C=O) groups excluding carboxylic acids is 3. The summed E-state index contributed by atoms with van der Waals surface area (Å²) >= 11 is 5.47. The quantitative estimate of drug-likeness (QED) is 0.0537. The minimum atomic E-state index is -1.24. The Balaban J connectivity index is 2.89. The fraction of sp³-hybridized carbons (Fsp3) is 0.737. The maximum Gasteiger partial charge on any atom is 0.327 e. The lowest BCUT2D eigenvalue weighted by Crippen LogP contribution is -2.57. The van der Waals surface area contributed by atoms with Crippen molar-refractivity contribution in [2.45, 2.75) is 56.3 Å². The van der Waals surface area contributed by atoms with E-state index in [1.807, 2.05) is 6.26 Å². The molecule has 4 atom stereocenters. The summed E-state index contributed by atoms with van der Waals surface area (Å²) in [7, 11) is 0. The molecular weight excluding hydrogens is 470 g/mol. The average molecular weight is 506 g/mol. The zero-order chi connectivity index (χ0) is 24.8. The van der Waals surface area contributed by atoms with Crippen molar-refractivity contribution in [3.63, 3.8) is 0 Å². The molecule has 9 N–H and O–H groups in total. The molecule has 3 amide bonds. The fourth-order valence-electron chi connectivity index (χ4n) is 3.19. The maximum absolute atomic E-state index is 13.0. The van der Waals surface area contributed by atoms with Crippen LogP contribution in [0.15, 0.2) is 4.99 Å². The Labute approximate surface area is 203 Å². The number of aliphatic imine (C=N–C) groups is 1. The molecule has 0 radical (unpaired) electrons. The average Bonchev–Trinajstić information content (AvgIpc) is 3.31. The molecular formula is C19H35N7O5S2. The van der Waals surface area contributed by atoms with Crippen molar-refractivity contribution >= 4 is 54.0 Å². The minimum Gasteiger partial charge on any atom is -0.480 e. The molecule has 14 heteroatoms. The molecule has 1 rings (SSSR count). The molecule has 188 valence electrons. The summed E-state index contributed by atoms with van der Waals surface area (Å²) in [4.78, 5) is 53.4. The van der Waals surface area contributed by atoms with Gasteiger partial charge in [0.25, 0.3) is 0 Å². The third-order valence-corrected chi connectivity index (χ3v) is 6.00. The third kappa shape index (κ3) is 11.0. The second-order valence-corrected chi connectivity index (χ2v) is 8.93. The summed E-state index contributed by atoms with van der Waals surface area (Å²) in [5.74, 6) is -2.27. The van der Waals surface area contributed by atoms with Crippen molar-refractivity contribution < 1.29 is 24.3 Å². The summed E-state index contributed by atoms with van der Waals surface area (Å²) in [6, 6.07) is -3.43. The Morgan fingerprint density at radius 3 is 2.27 bits per heavy atom. The van der Waals surface area contributed by atoms with Crippen LogP contribution in [0.2, 0.25) is 0 Å². The van der Waals surface area contributed by atoms with Gasteiger partial charge < -0.3 is 37.8 Å². The Bertz CT molecular complexity index is 700. The topological polar surface area (TPSA) is 201 Å². The third-order valence-electron chi connectivity index (χ3n) is 5.00. The highest BCUT2D eigenvalue weighted by atomic mass is 32.2. The Hall–Kier alpha value is -2.19. The highest BCUT2D eigenvalue weighted by Crippen LogP contribution is 2.08. The van der Waals surface area contributed by atoms with Crippen LogP contribution in [0.3, 0.4) is 0 Å². The van der Waals surface area contributed by atoms with Gasteiger partial charge in [0.05, 0.1) is 6.04 Å². The van der Waals surface area contributed by atoms with Gasteiger partial charge in [0, 0.05) is 12.3 Å². The van der Waals surface area contributed by atoms with Gasteiger partial charge in [-0.15, -0.1) is 0 Å². The normalized spacial score (nSPS) is 17.9. The molecule has 0 spiro atoms. The second kappa shape index (κ2) is 15.6. The maximum atomic E-state index is 13.0. The summed E-state index contributed by atoms with van der Waals surface area (Å²) in [6.45, 7) is 0.977. The van der Waals surface area contributed by atoms with Crippen molar-refractivity contribution in [2.24, 2.45) is 16.5 Å². The van der Waals surface area contributed by atoms with E-state index in [2.05, 4.69) is 38.9 Å². The molecule has 0 aromatic heterocycles. The minimum absolute atomic E-state index is 0.0959. The van der Waals surface area contributed by atoms with Gasteiger partial charge in [0.15, 0.2) is 5.96 Å². The van der Waals surface area contributed by atoms with E-state index in [9.17, 15) is 24.3 Å². The molecule has 1 aliphatic rings. The smallest absolute Gasteiger partial charge is 0.327 e. The number of carboxylic acid groups (broad SMARTS) is 1. The zero-order valence-electron chi connectivity index (χ0n) is 18.7. The summed E-state index contributed by atoms with van der Waals surface area (Å²) in [5.41, 5.74) is 10.6. The molecule has 0 saturated carbocycles. The van der Waals surface area contributed by atoms with Crippen LogP contribution in [0, 0.1) is 0 Å². The van der Waals surface area contributed by atoms with E-state index in [1.54, 1.807) is 0 Å². The van der Waals surface area contributed by atoms with Gasteiger partial charge in [-0.1, -0.05) is 0 Å². The van der Waals surface area contributed by atoms with E-state index in [0.29, 0.717) is 25.0 Å². The standard InChI is InChI=1S/C19H35N7O5S2/c1-33-9-6-13(25-15(27)11-4-2-7-22-11)17(29)24-12(5-3-8-23-19(20)21)16(28)26-14(10-32)18(30)31/h11-14,22,32H,2-10H2,1H3,(H,24,29)(H,25,27)(H,26,28)(H,30,31)(H4,20,21,23). The Kier molecular flexibility index (Phi) is 13.6. The number of rotatable bonds is 15. The number of carbonyl (C=O) groups is 4. The number of hydrogen-bond donors (Lipinski definition) is 8. The molecule has 4 unspecified atom stereocenters. The number of nitrogens with zero attached hydrogens (tertiary/aromatic N) is 1. The van der Waals surface area contributed by atoms with Crippen molar-refractivity contribution in [1.82, 2.24) is 21.3 Å². The molecule has 0 aromatic rings. The first kappa shape index (κ1) is 28.8. The first-order valence-electron chi connectivity index (χ1n) is 10.7. The predicted octanol–water partition coefficient (Wildman–Crippen LogP) is -1.99. The van der Waals surface area contributed by atoms with E-state index in [0.717, 1.165) is 13.0 Å². The fourth-order valence-corrected chi connectivity index (χ4v) is 3.91. The van der Waals surface area contributed by atoms with Crippen molar-refractivity contribution in [3.8, 4) is 0 Å². The van der Waals surface area contributed by atoms with Crippen molar-refractivity contribution in [1.29, 1.82) is 0 Å². The van der Waals surface area contributed by atoms with Crippen LogP contribution in [0.1, 0.15) is 32.1 Å². The zero-order valence-corrected chi connectivity index (χ0v) is 20.4. The first-order chi connectivity index (χ1) is 15.7. The first-order valence-corrected chi connectivity index (χ1v) is 12.7. The van der Waals surface area contributed by atoms with Gasteiger partial charge in [-0.3, -0.25) is 19.4 Å². The van der Waals surface area contributed by atoms with Crippen molar-refractivity contribution in [3.05, 3.63) is 0 Å². The van der Waals surface area contributed by atoms with Crippen LogP contribution in [-0.4, -0.2) is 89.8 Å². The van der Waals surface area contributed by atoms with Crippen LogP contribution < -0.4 is 32.7 Å². The van der Waals surface area contributed by atoms with Crippen LogP contribution in [0.25, 0.3) is 0 Å². The Morgan fingerprint density at radius 2 is 1.76 bits per heavy atom. The van der Waals surface area contributed by atoms with E-state index in [1.165, 1.54) is 11.8 Å². The lowest BCUT2D eigenvalue weighted by molar-refractivity contribution is -0.141. The number of aliphatic carboxylic acids is 1.